The molecule has 6 nitrogen and oxygen atoms in total. The van der Waals surface area contributed by atoms with Crippen molar-refractivity contribution in [2.75, 3.05) is 19.5 Å². The summed E-state index contributed by atoms with van der Waals surface area (Å²) in [5.41, 5.74) is 0.172. The van der Waals surface area contributed by atoms with Crippen LogP contribution < -0.4 is 5.32 Å². The number of hydrogen-bond donors (Lipinski definition) is 1. The Morgan fingerprint density at radius 2 is 2.10 bits per heavy atom. The summed E-state index contributed by atoms with van der Waals surface area (Å²) in [4.78, 5) is 27.4. The normalized spacial score (nSPS) is 29.5. The van der Waals surface area contributed by atoms with Crippen LogP contribution >= 0.6 is 11.6 Å². The predicted molar refractivity (Wildman–Crippen MR) is 107 cm³/mol. The minimum atomic E-state index is -5.03. The van der Waals surface area contributed by atoms with E-state index in [4.69, 9.17) is 16.3 Å². The Morgan fingerprint density at radius 3 is 2.81 bits per heavy atom. The average molecular weight is 460 g/mol. The fraction of sp³-hybridized carbons (Fsp3) is 0.619. The van der Waals surface area contributed by atoms with Crippen molar-refractivity contribution in [3.63, 3.8) is 0 Å². The molecule has 1 N–H and O–H groups in total. The van der Waals surface area contributed by atoms with Gasteiger partial charge in [-0.05, 0) is 37.7 Å². The van der Waals surface area contributed by atoms with E-state index in [0.29, 0.717) is 5.76 Å². The molecule has 170 valence electrons. The number of rotatable bonds is 4. The van der Waals surface area contributed by atoms with Crippen LogP contribution in [-0.4, -0.2) is 53.0 Å². The number of alkyl halides is 4. The van der Waals surface area contributed by atoms with Gasteiger partial charge in [0.1, 0.15) is 11.6 Å². The van der Waals surface area contributed by atoms with Crippen molar-refractivity contribution in [1.29, 1.82) is 0 Å². The number of nitrogens with one attached hydrogen (secondary N) is 1. The lowest BCUT2D eigenvalue weighted by Gasteiger charge is -2.43. The molecule has 31 heavy (non-hydrogen) atoms. The molecule has 2 atom stereocenters. The minimum absolute atomic E-state index is 0.277. The third kappa shape index (κ3) is 3.60. The second kappa shape index (κ2) is 7.76. The number of carbonyl (C=O) groups excluding carboxylic acids is 2. The fourth-order valence-corrected chi connectivity index (χ4v) is 5.37. The molecule has 1 saturated carbocycles. The number of ether oxygens (including phenoxy) is 1. The molecule has 0 aromatic carbocycles. The molecule has 0 aromatic heterocycles. The Kier molecular flexibility index (Phi) is 5.52. The third-order valence-electron chi connectivity index (χ3n) is 6.78. The molecule has 4 rings (SSSR count). The maximum atomic E-state index is 12.9. The first-order valence-electron chi connectivity index (χ1n) is 10.4. The summed E-state index contributed by atoms with van der Waals surface area (Å²) in [7, 11) is 1.47. The van der Waals surface area contributed by atoms with Gasteiger partial charge < -0.3 is 19.9 Å². The maximum Gasteiger partial charge on any atom is 0.471 e. The first kappa shape index (κ1) is 22.0. The number of fused-ring (bicyclic) bond motifs is 1. The van der Waals surface area contributed by atoms with Crippen LogP contribution in [0.15, 0.2) is 35.5 Å². The Bertz CT molecular complexity index is 885. The highest BCUT2D eigenvalue weighted by atomic mass is 35.5. The largest absolute Gasteiger partial charge is 0.471 e. The quantitative estimate of drug-likeness (QED) is 0.650. The Hall–Kier alpha value is -2.16. The minimum Gasteiger partial charge on any atom is -0.468 e. The van der Waals surface area contributed by atoms with Crippen LogP contribution in [-0.2, 0) is 14.3 Å². The Labute approximate surface area is 183 Å². The second-order valence-electron chi connectivity index (χ2n) is 8.54. The summed E-state index contributed by atoms with van der Waals surface area (Å²) in [6.07, 6.45) is 6.55. The van der Waals surface area contributed by atoms with Gasteiger partial charge in [-0.15, -0.1) is 11.6 Å². The van der Waals surface area contributed by atoms with Crippen LogP contribution in [0.3, 0.4) is 0 Å². The van der Waals surface area contributed by atoms with Gasteiger partial charge in [-0.3, -0.25) is 9.59 Å². The Balaban J connectivity index is 1.77. The van der Waals surface area contributed by atoms with Crippen molar-refractivity contribution in [3.8, 4) is 0 Å². The number of carbonyl (C=O) groups is 2. The first-order valence-corrected chi connectivity index (χ1v) is 10.9. The van der Waals surface area contributed by atoms with Crippen molar-refractivity contribution < 1.29 is 27.5 Å². The Morgan fingerprint density at radius 1 is 1.32 bits per heavy atom. The topological polar surface area (TPSA) is 61.9 Å². The zero-order valence-electron chi connectivity index (χ0n) is 17.2. The van der Waals surface area contributed by atoms with Gasteiger partial charge >= 0.3 is 12.1 Å². The number of allylic oxidation sites excluding steroid dienone is 3. The van der Waals surface area contributed by atoms with Crippen molar-refractivity contribution >= 4 is 23.4 Å². The summed E-state index contributed by atoms with van der Waals surface area (Å²) in [6, 6.07) is 0. The fourth-order valence-electron chi connectivity index (χ4n) is 5.19. The molecule has 0 aromatic rings. The molecular formula is C21H25ClF3N3O3. The maximum absolute atomic E-state index is 12.9. The van der Waals surface area contributed by atoms with Crippen LogP contribution in [0.1, 0.15) is 44.9 Å². The first-order chi connectivity index (χ1) is 14.6. The van der Waals surface area contributed by atoms with E-state index in [0.717, 1.165) is 49.8 Å². The predicted octanol–water partition coefficient (Wildman–Crippen LogP) is 3.76. The molecular weight excluding hydrogens is 435 g/mol. The van der Waals surface area contributed by atoms with Crippen molar-refractivity contribution in [2.45, 2.75) is 56.8 Å². The summed E-state index contributed by atoms with van der Waals surface area (Å²) in [5.74, 6) is -2.17. The standard InChI is InChI=1S/C21H25ClF3N3O3/c1-27(16(29)10-22)20(13-26-18(30)21(23,24)25)12-19-8-4-2-6-14(19)11-28-9-5-3-7-15(28)17(19)31-20/h5,9,11H,2-4,6-8,10,12-13H2,1H3,(H,26,30). The van der Waals surface area contributed by atoms with E-state index < -0.39 is 35.7 Å². The van der Waals surface area contributed by atoms with E-state index in [-0.39, 0.29) is 12.3 Å². The molecule has 1 spiro atoms. The lowest BCUT2D eigenvalue weighted by molar-refractivity contribution is -0.177. The summed E-state index contributed by atoms with van der Waals surface area (Å²) >= 11 is 5.77. The molecule has 0 bridgehead atoms. The number of halogens is 4. The molecule has 1 aliphatic carbocycles. The van der Waals surface area contributed by atoms with Gasteiger partial charge in [-0.1, -0.05) is 12.5 Å². The van der Waals surface area contributed by atoms with Gasteiger partial charge in [0.2, 0.25) is 11.6 Å². The van der Waals surface area contributed by atoms with Gasteiger partial charge in [0.05, 0.1) is 17.7 Å². The average Bonchev–Trinajstić information content (AvgIpc) is 3.09. The van der Waals surface area contributed by atoms with Crippen LogP contribution in [0.5, 0.6) is 0 Å². The number of nitrogens with zero attached hydrogens (tertiary/aromatic N) is 2. The van der Waals surface area contributed by atoms with Gasteiger partial charge in [-0.2, -0.15) is 13.2 Å². The summed E-state index contributed by atoms with van der Waals surface area (Å²) in [5, 5.41) is 1.94. The molecule has 1 saturated heterocycles. The van der Waals surface area contributed by atoms with Gasteiger partial charge in [0.25, 0.3) is 0 Å². The molecule has 3 heterocycles. The number of likely N-dealkylation sites (N-methyl/N-ethyl adjacent to an activating group) is 1. The van der Waals surface area contributed by atoms with E-state index in [9.17, 15) is 22.8 Å². The highest BCUT2D eigenvalue weighted by molar-refractivity contribution is 6.27. The smallest absolute Gasteiger partial charge is 0.468 e. The summed E-state index contributed by atoms with van der Waals surface area (Å²) < 4.78 is 45.1. The van der Waals surface area contributed by atoms with Crippen LogP contribution in [0.2, 0.25) is 0 Å². The molecule has 4 aliphatic rings. The van der Waals surface area contributed by atoms with E-state index in [1.807, 2.05) is 16.4 Å². The van der Waals surface area contributed by atoms with Crippen molar-refractivity contribution in [2.24, 2.45) is 5.41 Å². The zero-order chi connectivity index (χ0) is 22.4. The molecule has 10 heteroatoms. The van der Waals surface area contributed by atoms with Crippen LogP contribution in [0, 0.1) is 5.41 Å². The van der Waals surface area contributed by atoms with Crippen molar-refractivity contribution in [3.05, 3.63) is 35.5 Å². The highest BCUT2D eigenvalue weighted by Gasteiger charge is 2.61. The molecule has 3 aliphatic heterocycles. The second-order valence-corrected chi connectivity index (χ2v) is 8.81. The van der Waals surface area contributed by atoms with E-state index >= 15 is 0 Å². The third-order valence-corrected chi connectivity index (χ3v) is 7.01. The zero-order valence-corrected chi connectivity index (χ0v) is 18.0. The van der Waals surface area contributed by atoms with Gasteiger partial charge in [-0.25, -0.2) is 0 Å². The SMILES string of the molecule is CN(C(=O)CCl)C1(CNC(=O)C(F)(F)F)CC23CCCCC2=CN2C=CCCC2=C3O1. The van der Waals surface area contributed by atoms with Crippen LogP contribution in [0.4, 0.5) is 13.2 Å². The molecule has 2 amide bonds. The highest BCUT2D eigenvalue weighted by Crippen LogP contribution is 2.61. The van der Waals surface area contributed by atoms with Gasteiger partial charge in [0, 0.05) is 25.9 Å². The summed E-state index contributed by atoms with van der Waals surface area (Å²) in [6.45, 7) is -0.480. The molecule has 2 unspecified atom stereocenters. The molecule has 0 radical (unpaired) electrons. The van der Waals surface area contributed by atoms with Crippen LogP contribution in [0.25, 0.3) is 0 Å². The lowest BCUT2D eigenvalue weighted by Crippen LogP contribution is -2.58. The molecule has 2 fully saturated rings. The van der Waals surface area contributed by atoms with E-state index in [1.165, 1.54) is 11.9 Å². The lowest BCUT2D eigenvalue weighted by atomic mass is 9.65. The van der Waals surface area contributed by atoms with E-state index in [2.05, 4.69) is 12.3 Å². The number of hydrogen-bond acceptors (Lipinski definition) is 4. The van der Waals surface area contributed by atoms with Crippen molar-refractivity contribution in [1.82, 2.24) is 15.1 Å². The van der Waals surface area contributed by atoms with E-state index in [1.54, 1.807) is 0 Å². The number of amides is 2. The monoisotopic (exact) mass is 459 g/mol. The van der Waals surface area contributed by atoms with Gasteiger partial charge in [0.15, 0.2) is 0 Å².